The molecule has 0 aliphatic rings. The Bertz CT molecular complexity index is 413. The van der Waals surface area contributed by atoms with Crippen LogP contribution in [-0.2, 0) is 14.3 Å². The summed E-state index contributed by atoms with van der Waals surface area (Å²) in [6.45, 7) is -1.20. The number of carboxylic acids is 1. The Kier molecular flexibility index (Phi) is 6.05. The highest BCUT2D eigenvalue weighted by atomic mass is 31.1. The van der Waals surface area contributed by atoms with Gasteiger partial charge in [-0.1, -0.05) is 9.24 Å². The van der Waals surface area contributed by atoms with Crippen LogP contribution in [0.1, 0.15) is 0 Å². The number of Topliss-reactive ketones (excluding diaryl/α,β-unsaturated/α-hetero) is 1. The fourth-order valence-electron chi connectivity index (χ4n) is 1.08. The lowest BCUT2D eigenvalue weighted by Gasteiger charge is -2.42. The predicted molar refractivity (Wildman–Crippen MR) is 70.1 cm³/mol. The zero-order valence-electron chi connectivity index (χ0n) is 10.0. The van der Waals surface area contributed by atoms with Crippen LogP contribution in [0.2, 0.25) is 0 Å². The van der Waals surface area contributed by atoms with E-state index in [-0.39, 0.29) is 0 Å². The minimum atomic E-state index is -5.13. The maximum Gasteiger partial charge on any atom is 0.351 e. The highest BCUT2D eigenvalue weighted by Gasteiger charge is 2.75. The summed E-state index contributed by atoms with van der Waals surface area (Å²) in [6.07, 6.45) is 0. The number of alkyl halides is 5. The van der Waals surface area contributed by atoms with Crippen LogP contribution in [0, 0.1) is 0 Å². The largest absolute Gasteiger partial charge is 0.478 e. The number of hydrogen-bond acceptors (Lipinski definition) is 3. The highest BCUT2D eigenvalue weighted by molar-refractivity contribution is 7.40. The van der Waals surface area contributed by atoms with Gasteiger partial charge in [-0.3, -0.25) is 4.79 Å². The van der Waals surface area contributed by atoms with Crippen LogP contribution in [-0.4, -0.2) is 52.7 Å². The fraction of sp³-hybridized carbons (Fsp3) is 0.750. The maximum atomic E-state index is 13.8. The van der Waals surface area contributed by atoms with Gasteiger partial charge in [0.25, 0.3) is 5.41 Å². The summed E-state index contributed by atoms with van der Waals surface area (Å²) >= 11 is 0. The summed E-state index contributed by atoms with van der Waals surface area (Å²) in [6, 6.07) is 0. The SMILES string of the molecule is COCC(=O)C(F)(F)C(P)(P)C(F)(F)[C@@](F)(P)C(=O)O. The molecule has 118 valence electrons. The number of methoxy groups -OCH3 is 1. The number of hydrogen-bond donors (Lipinski definition) is 1. The van der Waals surface area contributed by atoms with Crippen molar-refractivity contribution >= 4 is 39.5 Å². The highest BCUT2D eigenvalue weighted by Crippen LogP contribution is 2.59. The zero-order chi connectivity index (χ0) is 16.6. The van der Waals surface area contributed by atoms with Crippen molar-refractivity contribution in [2.45, 2.75) is 22.2 Å². The summed E-state index contributed by atoms with van der Waals surface area (Å²) in [7, 11) is 3.40. The zero-order valence-corrected chi connectivity index (χ0v) is 13.5. The third-order valence-corrected chi connectivity index (χ3v) is 4.49. The lowest BCUT2D eigenvalue weighted by Crippen LogP contribution is -2.64. The number of carbonyl (C=O) groups is 2. The van der Waals surface area contributed by atoms with Gasteiger partial charge in [0.05, 0.1) is 0 Å². The number of ketones is 1. The van der Waals surface area contributed by atoms with E-state index in [2.05, 4.69) is 4.74 Å². The van der Waals surface area contributed by atoms with Gasteiger partial charge in [-0.2, -0.15) is 8.78 Å². The molecule has 20 heavy (non-hydrogen) atoms. The third kappa shape index (κ3) is 2.96. The van der Waals surface area contributed by atoms with E-state index in [1.54, 1.807) is 0 Å². The van der Waals surface area contributed by atoms with Crippen LogP contribution in [0.25, 0.3) is 0 Å². The number of carboxylic acid groups (broad SMARTS) is 1. The molecule has 0 saturated heterocycles. The quantitative estimate of drug-likeness (QED) is 0.553. The number of ether oxygens (including phenoxy) is 1. The van der Waals surface area contributed by atoms with Gasteiger partial charge in [-0.15, -0.1) is 18.5 Å². The van der Waals surface area contributed by atoms with E-state index in [1.807, 2.05) is 0 Å². The van der Waals surface area contributed by atoms with Crippen LogP contribution in [0.3, 0.4) is 0 Å². The van der Waals surface area contributed by atoms with E-state index in [1.165, 1.54) is 0 Å². The van der Waals surface area contributed by atoms with E-state index in [9.17, 15) is 31.5 Å². The van der Waals surface area contributed by atoms with Crippen molar-refractivity contribution in [1.82, 2.24) is 0 Å². The smallest absolute Gasteiger partial charge is 0.351 e. The molecule has 0 bridgehead atoms. The van der Waals surface area contributed by atoms with E-state index in [0.29, 0.717) is 9.24 Å². The number of halogens is 5. The molecular formula is C8H12F5O4P3. The second-order valence-corrected chi connectivity index (χ2v) is 7.17. The normalized spacial score (nSPS) is 16.6. The molecule has 0 fully saturated rings. The molecule has 4 atom stereocenters. The van der Waals surface area contributed by atoms with Crippen molar-refractivity contribution in [3.8, 4) is 0 Å². The first-order chi connectivity index (χ1) is 8.67. The van der Waals surface area contributed by atoms with Gasteiger partial charge < -0.3 is 9.84 Å². The van der Waals surface area contributed by atoms with Crippen LogP contribution in [0.15, 0.2) is 0 Å². The molecule has 1 N–H and O–H groups in total. The Morgan fingerprint density at radius 2 is 1.50 bits per heavy atom. The first-order valence-electron chi connectivity index (χ1n) is 4.74. The van der Waals surface area contributed by atoms with Gasteiger partial charge in [-0.05, 0) is 0 Å². The van der Waals surface area contributed by atoms with Crippen molar-refractivity contribution in [1.29, 1.82) is 0 Å². The Balaban J connectivity index is 5.84. The van der Waals surface area contributed by atoms with E-state index < -0.39 is 40.5 Å². The number of carbonyl (C=O) groups excluding carboxylic acids is 1. The van der Waals surface area contributed by atoms with E-state index >= 15 is 0 Å². The van der Waals surface area contributed by atoms with Crippen LogP contribution >= 0.6 is 27.7 Å². The lowest BCUT2D eigenvalue weighted by molar-refractivity contribution is -0.190. The molecule has 0 radical (unpaired) electrons. The second-order valence-electron chi connectivity index (χ2n) is 3.89. The second kappa shape index (κ2) is 6.04. The average Bonchev–Trinajstić information content (AvgIpc) is 2.28. The fourth-order valence-corrected chi connectivity index (χ4v) is 2.40. The minimum absolute atomic E-state index is 0.662. The molecule has 4 nitrogen and oxygen atoms in total. The Morgan fingerprint density at radius 3 is 1.80 bits per heavy atom. The van der Waals surface area contributed by atoms with Crippen molar-refractivity contribution in [2.24, 2.45) is 0 Å². The summed E-state index contributed by atoms with van der Waals surface area (Å²) in [4.78, 5) is 17.9. The van der Waals surface area contributed by atoms with Crippen LogP contribution < -0.4 is 0 Å². The van der Waals surface area contributed by atoms with Gasteiger partial charge in [0, 0.05) is 7.11 Å². The number of aliphatic carboxylic acids is 1. The molecular weight excluding hydrogens is 348 g/mol. The number of rotatable bonds is 7. The van der Waals surface area contributed by atoms with Crippen molar-refractivity contribution < 1.29 is 41.4 Å². The van der Waals surface area contributed by atoms with Crippen LogP contribution in [0.5, 0.6) is 0 Å². The molecule has 0 aromatic carbocycles. The molecule has 0 amide bonds. The van der Waals surface area contributed by atoms with E-state index in [0.717, 1.165) is 25.6 Å². The monoisotopic (exact) mass is 360 g/mol. The predicted octanol–water partition coefficient (Wildman–Crippen LogP) is 1.54. The van der Waals surface area contributed by atoms with Crippen LogP contribution in [0.4, 0.5) is 22.0 Å². The molecule has 0 aliphatic carbocycles. The molecule has 0 rings (SSSR count). The van der Waals surface area contributed by atoms with Gasteiger partial charge in [0.1, 0.15) is 11.5 Å². The van der Waals surface area contributed by atoms with Crippen molar-refractivity contribution in [2.75, 3.05) is 13.7 Å². The van der Waals surface area contributed by atoms with Gasteiger partial charge in [0.2, 0.25) is 5.78 Å². The van der Waals surface area contributed by atoms with E-state index in [4.69, 9.17) is 5.11 Å². The first-order valence-corrected chi connectivity index (χ1v) is 6.48. The average molecular weight is 360 g/mol. The standard InChI is InChI=1S/C8H12F5O4P3/c1-17-2-3(14)5(9,10)8(19,20)7(12,13)6(11,18)4(15)16/h2,18-20H2,1H3,(H,15,16)/t6-/m0/s1. The Hall–Kier alpha value is 0.0400. The third-order valence-electron chi connectivity index (χ3n) is 2.43. The topological polar surface area (TPSA) is 63.6 Å². The molecule has 0 saturated carbocycles. The molecule has 3 unspecified atom stereocenters. The summed E-state index contributed by atoms with van der Waals surface area (Å²) in [5.41, 5.74) is 0. The molecule has 0 heterocycles. The molecule has 0 aromatic heterocycles. The molecule has 0 spiro atoms. The maximum absolute atomic E-state index is 13.8. The summed E-state index contributed by atoms with van der Waals surface area (Å²) < 4.78 is 72.9. The van der Waals surface area contributed by atoms with Gasteiger partial charge >= 0.3 is 17.8 Å². The Morgan fingerprint density at radius 1 is 1.10 bits per heavy atom. The lowest BCUT2D eigenvalue weighted by atomic mass is 10.00. The molecule has 0 aromatic rings. The Labute approximate surface area is 117 Å². The summed E-state index contributed by atoms with van der Waals surface area (Å²) in [5.74, 6) is -14.6. The first kappa shape index (κ1) is 20.0. The van der Waals surface area contributed by atoms with Crippen molar-refractivity contribution in [3.63, 3.8) is 0 Å². The minimum Gasteiger partial charge on any atom is -0.478 e. The van der Waals surface area contributed by atoms with Gasteiger partial charge in [0.15, 0.2) is 0 Å². The molecule has 0 aliphatic heterocycles. The van der Waals surface area contributed by atoms with Gasteiger partial charge in [-0.25, -0.2) is 18.0 Å². The molecule has 12 heteroatoms. The van der Waals surface area contributed by atoms with Crippen molar-refractivity contribution in [3.05, 3.63) is 0 Å². The summed E-state index contributed by atoms with van der Waals surface area (Å²) in [5, 5.41) is 4.00.